The van der Waals surface area contributed by atoms with Crippen LogP contribution in [0, 0.1) is 0 Å². The SMILES string of the molecule is Cn1ccc(CN2CCCC(c3cc(C(F)(F)F)n[nH]3)C2)cc1=O. The molecule has 3 heterocycles. The maximum absolute atomic E-state index is 12.7. The van der Waals surface area contributed by atoms with E-state index in [1.54, 1.807) is 19.3 Å². The number of aromatic nitrogens is 3. The van der Waals surface area contributed by atoms with Crippen LogP contribution in [0.25, 0.3) is 0 Å². The molecular formula is C16H19F3N4O. The molecule has 1 N–H and O–H groups in total. The molecule has 0 aromatic carbocycles. The third-order valence-corrected chi connectivity index (χ3v) is 4.41. The van der Waals surface area contributed by atoms with Crippen LogP contribution in [0.3, 0.4) is 0 Å². The highest BCUT2D eigenvalue weighted by Gasteiger charge is 2.35. The molecule has 5 nitrogen and oxygen atoms in total. The van der Waals surface area contributed by atoms with E-state index in [-0.39, 0.29) is 11.5 Å². The van der Waals surface area contributed by atoms with Crippen molar-refractivity contribution >= 4 is 0 Å². The Bertz CT molecular complexity index is 765. The molecule has 0 amide bonds. The number of pyridine rings is 1. The van der Waals surface area contributed by atoms with Gasteiger partial charge in [0.05, 0.1) is 0 Å². The van der Waals surface area contributed by atoms with Gasteiger partial charge in [-0.25, -0.2) is 0 Å². The summed E-state index contributed by atoms with van der Waals surface area (Å²) in [7, 11) is 1.69. The average Bonchev–Trinajstić information content (AvgIpc) is 3.01. The molecule has 0 aliphatic carbocycles. The molecular weight excluding hydrogens is 321 g/mol. The minimum atomic E-state index is -4.42. The Morgan fingerprint density at radius 2 is 2.17 bits per heavy atom. The molecule has 1 aliphatic rings. The average molecular weight is 340 g/mol. The number of aromatic amines is 1. The van der Waals surface area contributed by atoms with E-state index in [1.165, 1.54) is 4.57 Å². The summed E-state index contributed by atoms with van der Waals surface area (Å²) in [6.07, 6.45) is -0.973. The van der Waals surface area contributed by atoms with Crippen molar-refractivity contribution in [1.29, 1.82) is 0 Å². The van der Waals surface area contributed by atoms with Crippen LogP contribution in [0.4, 0.5) is 13.2 Å². The molecule has 8 heteroatoms. The van der Waals surface area contributed by atoms with Crippen molar-refractivity contribution in [3.05, 3.63) is 51.7 Å². The van der Waals surface area contributed by atoms with Crippen molar-refractivity contribution in [2.75, 3.05) is 13.1 Å². The molecule has 130 valence electrons. The Balaban J connectivity index is 1.69. The Hall–Kier alpha value is -2.09. The van der Waals surface area contributed by atoms with Crippen LogP contribution in [-0.4, -0.2) is 32.8 Å². The van der Waals surface area contributed by atoms with Crippen molar-refractivity contribution in [1.82, 2.24) is 19.7 Å². The van der Waals surface area contributed by atoms with Crippen LogP contribution < -0.4 is 5.56 Å². The second-order valence-corrected chi connectivity index (χ2v) is 6.26. The minimum absolute atomic E-state index is 0.00565. The van der Waals surface area contributed by atoms with Crippen molar-refractivity contribution in [3.63, 3.8) is 0 Å². The lowest BCUT2D eigenvalue weighted by molar-refractivity contribution is -0.141. The van der Waals surface area contributed by atoms with Gasteiger partial charge in [0.25, 0.3) is 5.56 Å². The van der Waals surface area contributed by atoms with E-state index in [0.29, 0.717) is 18.8 Å². The lowest BCUT2D eigenvalue weighted by atomic mass is 9.94. The summed E-state index contributed by atoms with van der Waals surface area (Å²) in [6.45, 7) is 2.13. The number of hydrogen-bond acceptors (Lipinski definition) is 3. The van der Waals surface area contributed by atoms with Crippen LogP contribution in [0.5, 0.6) is 0 Å². The van der Waals surface area contributed by atoms with Gasteiger partial charge in [-0.3, -0.25) is 14.8 Å². The molecule has 0 spiro atoms. The van der Waals surface area contributed by atoms with E-state index in [1.807, 2.05) is 6.07 Å². The van der Waals surface area contributed by atoms with Gasteiger partial charge in [-0.05, 0) is 37.1 Å². The van der Waals surface area contributed by atoms with Gasteiger partial charge in [-0.2, -0.15) is 18.3 Å². The zero-order chi connectivity index (χ0) is 17.3. The van der Waals surface area contributed by atoms with E-state index in [0.717, 1.165) is 31.0 Å². The van der Waals surface area contributed by atoms with Crippen LogP contribution >= 0.6 is 0 Å². The summed E-state index contributed by atoms with van der Waals surface area (Å²) >= 11 is 0. The minimum Gasteiger partial charge on any atom is -0.319 e. The molecule has 2 aromatic rings. The second-order valence-electron chi connectivity index (χ2n) is 6.26. The van der Waals surface area contributed by atoms with Gasteiger partial charge in [-0.1, -0.05) is 0 Å². The predicted octanol–water partition coefficient (Wildman–Crippen LogP) is 2.51. The summed E-state index contributed by atoms with van der Waals surface area (Å²) in [5, 5.41) is 5.91. The zero-order valence-corrected chi connectivity index (χ0v) is 13.3. The van der Waals surface area contributed by atoms with E-state index < -0.39 is 11.9 Å². The molecule has 1 atom stereocenters. The maximum Gasteiger partial charge on any atom is 0.435 e. The highest BCUT2D eigenvalue weighted by molar-refractivity contribution is 5.17. The fourth-order valence-electron chi connectivity index (χ4n) is 3.09. The Morgan fingerprint density at radius 3 is 2.83 bits per heavy atom. The Labute approximate surface area is 137 Å². The fraction of sp³-hybridized carbons (Fsp3) is 0.500. The number of halogens is 3. The third-order valence-electron chi connectivity index (χ3n) is 4.41. The van der Waals surface area contributed by atoms with Crippen molar-refractivity contribution in [3.8, 4) is 0 Å². The number of H-pyrrole nitrogens is 1. The number of hydrogen-bond donors (Lipinski definition) is 1. The van der Waals surface area contributed by atoms with Gasteiger partial charge in [0.2, 0.25) is 0 Å². The lowest BCUT2D eigenvalue weighted by Crippen LogP contribution is -2.34. The molecule has 0 saturated carbocycles. The zero-order valence-electron chi connectivity index (χ0n) is 13.3. The van der Waals surface area contributed by atoms with E-state index >= 15 is 0 Å². The maximum atomic E-state index is 12.7. The number of nitrogens with zero attached hydrogens (tertiary/aromatic N) is 3. The van der Waals surface area contributed by atoms with Gasteiger partial charge in [0.15, 0.2) is 5.69 Å². The van der Waals surface area contributed by atoms with Crippen LogP contribution in [0.2, 0.25) is 0 Å². The number of nitrogens with one attached hydrogen (secondary N) is 1. The quantitative estimate of drug-likeness (QED) is 0.934. The van der Waals surface area contributed by atoms with Crippen LogP contribution in [0.15, 0.2) is 29.2 Å². The Kier molecular flexibility index (Phi) is 4.49. The number of rotatable bonds is 3. The normalized spacial score (nSPS) is 19.6. The molecule has 1 unspecified atom stereocenters. The molecule has 3 rings (SSSR count). The predicted molar refractivity (Wildman–Crippen MR) is 82.5 cm³/mol. The molecule has 1 fully saturated rings. The van der Waals surface area contributed by atoms with Crippen LogP contribution in [-0.2, 0) is 19.8 Å². The summed E-state index contributed by atoms with van der Waals surface area (Å²) in [5.74, 6) is -0.00565. The first-order chi connectivity index (χ1) is 11.3. The molecule has 2 aromatic heterocycles. The van der Waals surface area contributed by atoms with E-state index in [9.17, 15) is 18.0 Å². The van der Waals surface area contributed by atoms with Crippen molar-refractivity contribution < 1.29 is 13.2 Å². The molecule has 1 aliphatic heterocycles. The monoisotopic (exact) mass is 340 g/mol. The smallest absolute Gasteiger partial charge is 0.319 e. The van der Waals surface area contributed by atoms with Gasteiger partial charge in [0, 0.05) is 44.0 Å². The fourth-order valence-corrected chi connectivity index (χ4v) is 3.09. The highest BCUT2D eigenvalue weighted by Crippen LogP contribution is 2.32. The molecule has 0 radical (unpaired) electrons. The summed E-state index contributed by atoms with van der Waals surface area (Å²) in [4.78, 5) is 13.9. The first kappa shape index (κ1) is 16.8. The standard InChI is InChI=1S/C16H19F3N4O/c1-22-6-4-11(7-15(22)24)9-23-5-2-3-12(10-23)13-8-14(21-20-13)16(17,18)19/h4,6-8,12H,2-3,5,9-10H2,1H3,(H,20,21). The van der Waals surface area contributed by atoms with Gasteiger partial charge in [-0.15, -0.1) is 0 Å². The van der Waals surface area contributed by atoms with Gasteiger partial charge < -0.3 is 4.57 Å². The number of piperidine rings is 1. The van der Waals surface area contributed by atoms with Crippen molar-refractivity contribution in [2.24, 2.45) is 7.05 Å². The number of aryl methyl sites for hydroxylation is 1. The van der Waals surface area contributed by atoms with Gasteiger partial charge in [0.1, 0.15) is 0 Å². The third kappa shape index (κ3) is 3.69. The van der Waals surface area contributed by atoms with Crippen molar-refractivity contribution in [2.45, 2.75) is 31.5 Å². The van der Waals surface area contributed by atoms with E-state index in [2.05, 4.69) is 15.1 Å². The largest absolute Gasteiger partial charge is 0.435 e. The summed E-state index contributed by atoms with van der Waals surface area (Å²) < 4.78 is 39.5. The summed E-state index contributed by atoms with van der Waals surface area (Å²) in [5.41, 5.74) is 0.501. The molecule has 0 bridgehead atoms. The van der Waals surface area contributed by atoms with Gasteiger partial charge >= 0.3 is 6.18 Å². The molecule has 24 heavy (non-hydrogen) atoms. The Morgan fingerprint density at radius 1 is 1.38 bits per heavy atom. The highest BCUT2D eigenvalue weighted by atomic mass is 19.4. The first-order valence-electron chi connectivity index (χ1n) is 7.83. The lowest BCUT2D eigenvalue weighted by Gasteiger charge is -2.32. The topological polar surface area (TPSA) is 53.9 Å². The summed E-state index contributed by atoms with van der Waals surface area (Å²) in [6, 6.07) is 4.59. The molecule has 1 saturated heterocycles. The number of alkyl halides is 3. The first-order valence-corrected chi connectivity index (χ1v) is 7.83. The van der Waals surface area contributed by atoms with Crippen LogP contribution in [0.1, 0.15) is 35.7 Å². The number of likely N-dealkylation sites (tertiary alicyclic amines) is 1. The van der Waals surface area contributed by atoms with E-state index in [4.69, 9.17) is 0 Å². The second kappa shape index (κ2) is 6.43.